The van der Waals surface area contributed by atoms with Gasteiger partial charge in [-0.1, -0.05) is 37.8 Å². The van der Waals surface area contributed by atoms with E-state index in [1.807, 2.05) is 0 Å². The maximum Gasteiger partial charge on any atom is 0.330 e. The van der Waals surface area contributed by atoms with Crippen LogP contribution in [-0.2, 0) is 9.59 Å². The van der Waals surface area contributed by atoms with Crippen LogP contribution in [0.25, 0.3) is 0 Å². The Bertz CT molecular complexity index is 331. The van der Waals surface area contributed by atoms with Crippen LogP contribution < -0.4 is 0 Å². The second-order valence-electron chi connectivity index (χ2n) is 5.08. The van der Waals surface area contributed by atoms with Crippen LogP contribution in [0.4, 0.5) is 0 Å². The Kier molecular flexibility index (Phi) is 10.4. The molecule has 4 heteroatoms. The first kappa shape index (κ1) is 18.4. The van der Waals surface area contributed by atoms with Crippen molar-refractivity contribution in [1.29, 1.82) is 0 Å². The Morgan fingerprint density at radius 1 is 0.700 bits per heavy atom. The number of aliphatic carboxylic acids is 2. The number of allylic oxidation sites excluding steroid dienone is 2. The number of unbranched alkanes of at least 4 members (excludes halogenated alkanes) is 7. The molecular formula is C16H26O4. The van der Waals surface area contributed by atoms with Crippen molar-refractivity contribution in [3.8, 4) is 0 Å². The fourth-order valence-corrected chi connectivity index (χ4v) is 1.81. The predicted molar refractivity (Wildman–Crippen MR) is 79.7 cm³/mol. The van der Waals surface area contributed by atoms with E-state index in [0.29, 0.717) is 11.1 Å². The summed E-state index contributed by atoms with van der Waals surface area (Å²) in [5.41, 5.74) is 0.844. The highest BCUT2D eigenvalue weighted by atomic mass is 16.4. The highest BCUT2D eigenvalue weighted by Crippen LogP contribution is 2.10. The SMILES string of the molecule is C/C(=C\CCCCCCCC/C=C(\C)C(=O)O)C(=O)O. The van der Waals surface area contributed by atoms with Gasteiger partial charge in [0, 0.05) is 11.1 Å². The molecule has 0 bridgehead atoms. The first-order valence-electron chi connectivity index (χ1n) is 7.25. The van der Waals surface area contributed by atoms with Crippen molar-refractivity contribution in [2.24, 2.45) is 0 Å². The summed E-state index contributed by atoms with van der Waals surface area (Å²) in [4.78, 5) is 21.1. The van der Waals surface area contributed by atoms with Gasteiger partial charge in [0.25, 0.3) is 0 Å². The maximum absolute atomic E-state index is 10.5. The Hall–Kier alpha value is -1.58. The zero-order chi connectivity index (χ0) is 15.4. The number of hydrogen-bond acceptors (Lipinski definition) is 2. The van der Waals surface area contributed by atoms with Gasteiger partial charge in [-0.3, -0.25) is 0 Å². The fraction of sp³-hybridized carbons (Fsp3) is 0.625. The van der Waals surface area contributed by atoms with Gasteiger partial charge in [-0.15, -0.1) is 0 Å². The second-order valence-corrected chi connectivity index (χ2v) is 5.08. The molecule has 0 aliphatic carbocycles. The number of carboxylic acid groups (broad SMARTS) is 2. The molecule has 2 N–H and O–H groups in total. The van der Waals surface area contributed by atoms with Gasteiger partial charge in [0.15, 0.2) is 0 Å². The van der Waals surface area contributed by atoms with Crippen molar-refractivity contribution in [2.75, 3.05) is 0 Å². The van der Waals surface area contributed by atoms with Crippen molar-refractivity contribution in [1.82, 2.24) is 0 Å². The normalized spacial score (nSPS) is 12.5. The standard InChI is InChI=1S/C16H26O4/c1-13(15(17)18)11-9-7-5-3-4-6-8-10-12-14(2)16(19)20/h11-12H,3-10H2,1-2H3,(H,17,18)(H,19,20)/b13-11+,14-12+. The van der Waals surface area contributed by atoms with E-state index in [9.17, 15) is 9.59 Å². The van der Waals surface area contributed by atoms with Crippen molar-refractivity contribution in [3.63, 3.8) is 0 Å². The Morgan fingerprint density at radius 2 is 1.00 bits per heavy atom. The average Bonchev–Trinajstić information content (AvgIpc) is 2.39. The molecule has 0 spiro atoms. The fourth-order valence-electron chi connectivity index (χ4n) is 1.81. The zero-order valence-electron chi connectivity index (χ0n) is 12.5. The van der Waals surface area contributed by atoms with Crippen molar-refractivity contribution >= 4 is 11.9 Å². The largest absolute Gasteiger partial charge is 0.478 e. The minimum Gasteiger partial charge on any atom is -0.478 e. The van der Waals surface area contributed by atoms with Crippen LogP contribution in [0.2, 0.25) is 0 Å². The van der Waals surface area contributed by atoms with E-state index in [-0.39, 0.29) is 0 Å². The summed E-state index contributed by atoms with van der Waals surface area (Å²) in [7, 11) is 0. The summed E-state index contributed by atoms with van der Waals surface area (Å²) >= 11 is 0. The number of carbonyl (C=O) groups is 2. The molecule has 0 atom stereocenters. The highest BCUT2D eigenvalue weighted by Gasteiger charge is 1.99. The van der Waals surface area contributed by atoms with Gasteiger partial charge in [-0.25, -0.2) is 9.59 Å². The van der Waals surface area contributed by atoms with Gasteiger partial charge in [0.05, 0.1) is 0 Å². The van der Waals surface area contributed by atoms with Gasteiger partial charge < -0.3 is 10.2 Å². The summed E-state index contributed by atoms with van der Waals surface area (Å²) < 4.78 is 0. The monoisotopic (exact) mass is 282 g/mol. The lowest BCUT2D eigenvalue weighted by molar-refractivity contribution is -0.133. The van der Waals surface area contributed by atoms with Crippen LogP contribution in [0, 0.1) is 0 Å². The Morgan fingerprint density at radius 3 is 1.30 bits per heavy atom. The molecule has 0 fully saturated rings. The number of carboxylic acids is 2. The molecule has 0 aliphatic heterocycles. The first-order chi connectivity index (χ1) is 9.45. The molecule has 0 heterocycles. The number of hydrogen-bond donors (Lipinski definition) is 2. The van der Waals surface area contributed by atoms with Crippen LogP contribution in [-0.4, -0.2) is 22.2 Å². The summed E-state index contributed by atoms with van der Waals surface area (Å²) in [6, 6.07) is 0. The molecule has 0 rings (SSSR count). The molecule has 0 aromatic carbocycles. The zero-order valence-corrected chi connectivity index (χ0v) is 12.5. The Labute approximate surface area is 121 Å². The summed E-state index contributed by atoms with van der Waals surface area (Å²) in [6.07, 6.45) is 11.8. The molecule has 0 saturated carbocycles. The molecule has 0 saturated heterocycles. The van der Waals surface area contributed by atoms with Crippen molar-refractivity contribution < 1.29 is 19.8 Å². The lowest BCUT2D eigenvalue weighted by Gasteiger charge is -2.00. The van der Waals surface area contributed by atoms with Crippen molar-refractivity contribution in [3.05, 3.63) is 23.3 Å². The van der Waals surface area contributed by atoms with Gasteiger partial charge in [0.2, 0.25) is 0 Å². The van der Waals surface area contributed by atoms with Crippen LogP contribution in [0.1, 0.15) is 65.2 Å². The third kappa shape index (κ3) is 10.4. The Balaban J connectivity index is 3.42. The summed E-state index contributed by atoms with van der Waals surface area (Å²) in [5, 5.41) is 17.3. The maximum atomic E-state index is 10.5. The van der Waals surface area contributed by atoms with E-state index >= 15 is 0 Å². The van der Waals surface area contributed by atoms with E-state index in [4.69, 9.17) is 10.2 Å². The number of rotatable bonds is 11. The molecule has 0 radical (unpaired) electrons. The summed E-state index contributed by atoms with van der Waals surface area (Å²) in [5.74, 6) is -1.68. The lowest BCUT2D eigenvalue weighted by atomic mass is 10.1. The third-order valence-corrected chi connectivity index (χ3v) is 3.23. The van der Waals surface area contributed by atoms with Gasteiger partial charge >= 0.3 is 11.9 Å². The summed E-state index contributed by atoms with van der Waals surface area (Å²) in [6.45, 7) is 3.24. The predicted octanol–water partition coefficient (Wildman–Crippen LogP) is 4.17. The van der Waals surface area contributed by atoms with Gasteiger partial charge in [0.1, 0.15) is 0 Å². The molecule has 0 aromatic rings. The van der Waals surface area contributed by atoms with Crippen LogP contribution in [0.5, 0.6) is 0 Å². The quantitative estimate of drug-likeness (QED) is 0.440. The van der Waals surface area contributed by atoms with E-state index in [2.05, 4.69) is 0 Å². The topological polar surface area (TPSA) is 74.6 Å². The third-order valence-electron chi connectivity index (χ3n) is 3.23. The minimum absolute atomic E-state index is 0.422. The molecule has 0 amide bonds. The minimum atomic E-state index is -0.838. The van der Waals surface area contributed by atoms with Gasteiger partial charge in [-0.05, 0) is 39.5 Å². The van der Waals surface area contributed by atoms with E-state index < -0.39 is 11.9 Å². The van der Waals surface area contributed by atoms with Crippen molar-refractivity contribution in [2.45, 2.75) is 65.2 Å². The second kappa shape index (κ2) is 11.3. The smallest absolute Gasteiger partial charge is 0.330 e. The molecule has 4 nitrogen and oxygen atoms in total. The van der Waals surface area contributed by atoms with Crippen LogP contribution in [0.3, 0.4) is 0 Å². The van der Waals surface area contributed by atoms with Gasteiger partial charge in [-0.2, -0.15) is 0 Å². The lowest BCUT2D eigenvalue weighted by Crippen LogP contribution is -1.95. The van der Waals surface area contributed by atoms with E-state index in [1.54, 1.807) is 26.0 Å². The van der Waals surface area contributed by atoms with Crippen LogP contribution >= 0.6 is 0 Å². The average molecular weight is 282 g/mol. The molecule has 20 heavy (non-hydrogen) atoms. The highest BCUT2D eigenvalue weighted by molar-refractivity contribution is 5.86. The molecule has 114 valence electrons. The first-order valence-corrected chi connectivity index (χ1v) is 7.25. The molecular weight excluding hydrogens is 256 g/mol. The van der Waals surface area contributed by atoms with E-state index in [0.717, 1.165) is 51.4 Å². The molecule has 0 aromatic heterocycles. The molecule has 0 aliphatic rings. The van der Waals surface area contributed by atoms with E-state index in [1.165, 1.54) is 0 Å². The van der Waals surface area contributed by atoms with Crippen LogP contribution in [0.15, 0.2) is 23.3 Å². The molecule has 0 unspecified atom stereocenters.